The molecule has 9 heteroatoms. The van der Waals surface area contributed by atoms with E-state index in [1.54, 1.807) is 20.8 Å². The van der Waals surface area contributed by atoms with E-state index in [0.29, 0.717) is 6.42 Å². The second kappa shape index (κ2) is 11.1. The highest BCUT2D eigenvalue weighted by molar-refractivity contribution is 6.74. The lowest BCUT2D eigenvalue weighted by Gasteiger charge is -2.40. The molecule has 0 aliphatic carbocycles. The highest BCUT2D eigenvalue weighted by Crippen LogP contribution is 2.41. The standard InChI is InChI=1S/C26H41NO7Si/c1-25(2,3)33-23(29)22-20(34-35(8,9)26(4,5)6)15-19(16-21(28)31-7)27(22)24(30)32-17-18-13-11-10-12-14-18/h10-14,19-20,22H,15-17H2,1-9H3/t19-,20-,22+/m1/s1. The SMILES string of the molecule is COC(=O)C[C@H]1C[C@@H](O[Si](C)(C)C(C)(C)C)[C@@H](C(=O)OC(C)(C)C)N1C(=O)OCc1ccccc1. The number of rotatable bonds is 7. The zero-order valence-corrected chi connectivity index (χ0v) is 23.5. The predicted molar refractivity (Wildman–Crippen MR) is 135 cm³/mol. The lowest BCUT2D eigenvalue weighted by molar-refractivity contribution is -0.163. The molecule has 1 aromatic rings. The number of esters is 2. The van der Waals surface area contributed by atoms with Gasteiger partial charge in [-0.2, -0.15) is 0 Å². The Morgan fingerprint density at radius 2 is 1.63 bits per heavy atom. The molecule has 8 nitrogen and oxygen atoms in total. The topological polar surface area (TPSA) is 91.4 Å². The summed E-state index contributed by atoms with van der Waals surface area (Å²) >= 11 is 0. The Bertz CT molecular complexity index is 889. The van der Waals surface area contributed by atoms with Crippen molar-refractivity contribution in [2.45, 2.75) is 103 Å². The fourth-order valence-corrected chi connectivity index (χ4v) is 5.06. The summed E-state index contributed by atoms with van der Waals surface area (Å²) in [6.07, 6.45) is -1.11. The summed E-state index contributed by atoms with van der Waals surface area (Å²) < 4.78 is 22.8. The maximum absolute atomic E-state index is 13.4. The summed E-state index contributed by atoms with van der Waals surface area (Å²) in [5.74, 6) is -1.06. The van der Waals surface area contributed by atoms with Crippen LogP contribution >= 0.6 is 0 Å². The summed E-state index contributed by atoms with van der Waals surface area (Å²) in [6.45, 7) is 15.8. The third kappa shape index (κ3) is 7.80. The Kier molecular flexibility index (Phi) is 9.16. The first-order valence-corrected chi connectivity index (χ1v) is 14.9. The first-order chi connectivity index (χ1) is 16.1. The molecule has 1 fully saturated rings. The number of nitrogens with zero attached hydrogens (tertiary/aromatic N) is 1. The van der Waals surface area contributed by atoms with E-state index in [-0.39, 0.29) is 18.1 Å². The second-order valence-corrected chi connectivity index (χ2v) is 16.3. The fourth-order valence-electron chi connectivity index (χ4n) is 3.73. The molecule has 1 saturated heterocycles. The van der Waals surface area contributed by atoms with Gasteiger partial charge in [-0.15, -0.1) is 0 Å². The maximum atomic E-state index is 13.4. The second-order valence-electron chi connectivity index (χ2n) is 11.5. The number of benzene rings is 1. The molecule has 1 aromatic carbocycles. The minimum atomic E-state index is -2.33. The Morgan fingerprint density at radius 3 is 2.14 bits per heavy atom. The van der Waals surface area contributed by atoms with Gasteiger partial charge in [0.2, 0.25) is 0 Å². The molecule has 1 aliphatic heterocycles. The molecular weight excluding hydrogens is 466 g/mol. The van der Waals surface area contributed by atoms with Crippen LogP contribution in [0.4, 0.5) is 4.79 Å². The van der Waals surface area contributed by atoms with Gasteiger partial charge >= 0.3 is 18.0 Å². The van der Waals surface area contributed by atoms with Crippen LogP contribution in [-0.4, -0.2) is 62.1 Å². The normalized spacial score (nSPS) is 20.9. The van der Waals surface area contributed by atoms with Crippen LogP contribution in [0.2, 0.25) is 18.1 Å². The van der Waals surface area contributed by atoms with Crippen molar-refractivity contribution in [3.05, 3.63) is 35.9 Å². The number of carbonyl (C=O) groups is 3. The van der Waals surface area contributed by atoms with Crippen LogP contribution in [0.3, 0.4) is 0 Å². The zero-order chi connectivity index (χ0) is 26.6. The molecule has 0 spiro atoms. The number of methoxy groups -OCH3 is 1. The van der Waals surface area contributed by atoms with Gasteiger partial charge in [0.1, 0.15) is 12.2 Å². The smallest absolute Gasteiger partial charge is 0.411 e. The molecule has 3 atom stereocenters. The summed E-state index contributed by atoms with van der Waals surface area (Å²) in [6, 6.07) is 7.60. The summed E-state index contributed by atoms with van der Waals surface area (Å²) in [4.78, 5) is 40.4. The fraction of sp³-hybridized carbons (Fsp3) is 0.654. The molecule has 196 valence electrons. The number of amides is 1. The van der Waals surface area contributed by atoms with Crippen molar-refractivity contribution < 1.29 is 33.0 Å². The molecule has 0 N–H and O–H groups in total. The molecule has 0 bridgehead atoms. The van der Waals surface area contributed by atoms with Gasteiger partial charge in [0.25, 0.3) is 0 Å². The van der Waals surface area contributed by atoms with E-state index in [1.807, 2.05) is 30.3 Å². The molecule has 0 radical (unpaired) electrons. The van der Waals surface area contributed by atoms with Gasteiger partial charge in [0, 0.05) is 6.04 Å². The Labute approximate surface area is 210 Å². The largest absolute Gasteiger partial charge is 0.469 e. The Hall–Kier alpha value is -2.39. The van der Waals surface area contributed by atoms with Gasteiger partial charge in [-0.3, -0.25) is 9.69 Å². The number of likely N-dealkylation sites (tertiary alicyclic amines) is 1. The zero-order valence-electron chi connectivity index (χ0n) is 22.5. The Balaban J connectivity index is 2.42. The predicted octanol–water partition coefficient (Wildman–Crippen LogP) is 5.06. The molecular formula is C26H41NO7Si. The first kappa shape index (κ1) is 28.8. The van der Waals surface area contributed by atoms with Crippen LogP contribution in [0.1, 0.15) is 59.9 Å². The van der Waals surface area contributed by atoms with Crippen LogP contribution in [0.5, 0.6) is 0 Å². The van der Waals surface area contributed by atoms with Crippen LogP contribution in [-0.2, 0) is 34.8 Å². The number of carbonyl (C=O) groups excluding carboxylic acids is 3. The maximum Gasteiger partial charge on any atom is 0.411 e. The molecule has 1 amide bonds. The average molecular weight is 508 g/mol. The molecule has 0 unspecified atom stereocenters. The van der Waals surface area contributed by atoms with Gasteiger partial charge in [0.05, 0.1) is 19.6 Å². The van der Waals surface area contributed by atoms with Crippen molar-refractivity contribution in [1.82, 2.24) is 4.90 Å². The van der Waals surface area contributed by atoms with Gasteiger partial charge in [-0.05, 0) is 50.9 Å². The monoisotopic (exact) mass is 507 g/mol. The highest BCUT2D eigenvalue weighted by Gasteiger charge is 2.54. The lowest BCUT2D eigenvalue weighted by atomic mass is 10.1. The van der Waals surface area contributed by atoms with E-state index < -0.39 is 50.1 Å². The van der Waals surface area contributed by atoms with Gasteiger partial charge in [0.15, 0.2) is 14.4 Å². The van der Waals surface area contributed by atoms with E-state index in [9.17, 15) is 14.4 Å². The van der Waals surface area contributed by atoms with Gasteiger partial charge in [-0.1, -0.05) is 51.1 Å². The van der Waals surface area contributed by atoms with Crippen LogP contribution in [0, 0.1) is 0 Å². The van der Waals surface area contributed by atoms with E-state index in [2.05, 4.69) is 33.9 Å². The van der Waals surface area contributed by atoms with Crippen LogP contribution in [0.25, 0.3) is 0 Å². The molecule has 1 heterocycles. The first-order valence-electron chi connectivity index (χ1n) is 12.0. The lowest BCUT2D eigenvalue weighted by Crippen LogP contribution is -2.53. The Morgan fingerprint density at radius 1 is 1.03 bits per heavy atom. The molecule has 0 aromatic heterocycles. The molecule has 0 saturated carbocycles. The van der Waals surface area contributed by atoms with Gasteiger partial charge < -0.3 is 18.6 Å². The van der Waals surface area contributed by atoms with Crippen LogP contribution < -0.4 is 0 Å². The van der Waals surface area contributed by atoms with Crippen molar-refractivity contribution in [3.63, 3.8) is 0 Å². The quantitative estimate of drug-likeness (QED) is 0.289. The van der Waals surface area contributed by atoms with Crippen molar-refractivity contribution >= 4 is 26.3 Å². The average Bonchev–Trinajstić information content (AvgIpc) is 3.07. The van der Waals surface area contributed by atoms with E-state index in [0.717, 1.165) is 5.56 Å². The van der Waals surface area contributed by atoms with Crippen molar-refractivity contribution in [1.29, 1.82) is 0 Å². The summed E-state index contributed by atoms with van der Waals surface area (Å²) in [5.41, 5.74) is 0.0472. The number of hydrogen-bond donors (Lipinski definition) is 0. The highest BCUT2D eigenvalue weighted by atomic mass is 28.4. The van der Waals surface area contributed by atoms with E-state index in [1.165, 1.54) is 12.0 Å². The molecule has 35 heavy (non-hydrogen) atoms. The third-order valence-electron chi connectivity index (χ3n) is 6.50. The summed E-state index contributed by atoms with van der Waals surface area (Å²) in [7, 11) is -1.04. The van der Waals surface area contributed by atoms with Crippen molar-refractivity contribution in [2.24, 2.45) is 0 Å². The third-order valence-corrected chi connectivity index (χ3v) is 11.0. The van der Waals surface area contributed by atoms with Crippen molar-refractivity contribution in [3.8, 4) is 0 Å². The van der Waals surface area contributed by atoms with Crippen LogP contribution in [0.15, 0.2) is 30.3 Å². The number of ether oxygens (including phenoxy) is 3. The minimum Gasteiger partial charge on any atom is -0.469 e. The molecule has 1 aliphatic rings. The van der Waals surface area contributed by atoms with Gasteiger partial charge in [-0.25, -0.2) is 9.59 Å². The molecule has 2 rings (SSSR count). The minimum absolute atomic E-state index is 0.0376. The van der Waals surface area contributed by atoms with Crippen molar-refractivity contribution in [2.75, 3.05) is 7.11 Å². The summed E-state index contributed by atoms with van der Waals surface area (Å²) in [5, 5.41) is -0.120. The number of hydrogen-bond acceptors (Lipinski definition) is 7. The van der Waals surface area contributed by atoms with E-state index in [4.69, 9.17) is 18.6 Å². The van der Waals surface area contributed by atoms with E-state index >= 15 is 0 Å².